The minimum atomic E-state index is -0.184. The highest BCUT2D eigenvalue weighted by molar-refractivity contribution is 5.78. The third-order valence-corrected chi connectivity index (χ3v) is 5.43. The number of rotatable bonds is 6. The van der Waals surface area contributed by atoms with E-state index in [1.165, 1.54) is 31.2 Å². The van der Waals surface area contributed by atoms with Crippen molar-refractivity contribution in [1.82, 2.24) is 10.2 Å². The Labute approximate surface area is 145 Å². The molecule has 3 rings (SSSR count). The maximum Gasteiger partial charge on any atom is 0.234 e. The second-order valence-electron chi connectivity index (χ2n) is 7.44. The van der Waals surface area contributed by atoms with E-state index in [2.05, 4.69) is 22.3 Å². The molecule has 1 saturated heterocycles. The molecule has 0 spiro atoms. The van der Waals surface area contributed by atoms with Crippen LogP contribution in [0.1, 0.15) is 44.1 Å². The molecule has 2 fully saturated rings. The molecule has 0 aromatic heterocycles. The van der Waals surface area contributed by atoms with Crippen LogP contribution in [0.4, 0.5) is 0 Å². The highest BCUT2D eigenvalue weighted by Gasteiger charge is 2.34. The number of nitrogens with zero attached hydrogens (tertiary/aromatic N) is 1. The van der Waals surface area contributed by atoms with E-state index < -0.39 is 0 Å². The van der Waals surface area contributed by atoms with Gasteiger partial charge in [0, 0.05) is 6.04 Å². The fourth-order valence-corrected chi connectivity index (χ4v) is 3.91. The summed E-state index contributed by atoms with van der Waals surface area (Å²) in [4.78, 5) is 14.8. The van der Waals surface area contributed by atoms with Crippen LogP contribution in [0.15, 0.2) is 30.3 Å². The van der Waals surface area contributed by atoms with Gasteiger partial charge < -0.3 is 10.4 Å². The van der Waals surface area contributed by atoms with Crippen molar-refractivity contribution in [3.63, 3.8) is 0 Å². The van der Waals surface area contributed by atoms with Crippen LogP contribution in [0.25, 0.3) is 0 Å². The molecule has 1 aliphatic carbocycles. The maximum atomic E-state index is 12.5. The first-order valence-electron chi connectivity index (χ1n) is 9.44. The van der Waals surface area contributed by atoms with E-state index in [0.29, 0.717) is 12.5 Å². The van der Waals surface area contributed by atoms with Crippen molar-refractivity contribution in [2.24, 2.45) is 5.92 Å². The Hall–Kier alpha value is -1.39. The lowest BCUT2D eigenvalue weighted by Crippen LogP contribution is -2.50. The first kappa shape index (κ1) is 17.4. The molecular formula is C20H30N2O2. The fraction of sp³-hybridized carbons (Fsp3) is 0.650. The Kier molecular flexibility index (Phi) is 6.27. The minimum absolute atomic E-state index is 0.135. The van der Waals surface area contributed by atoms with Crippen LogP contribution in [-0.2, 0) is 11.2 Å². The van der Waals surface area contributed by atoms with Crippen molar-refractivity contribution in [3.05, 3.63) is 35.9 Å². The monoisotopic (exact) mass is 330 g/mol. The van der Waals surface area contributed by atoms with Gasteiger partial charge in [0.15, 0.2) is 0 Å². The van der Waals surface area contributed by atoms with E-state index in [1.807, 2.05) is 18.2 Å². The van der Waals surface area contributed by atoms with Crippen molar-refractivity contribution >= 4 is 5.91 Å². The van der Waals surface area contributed by atoms with Gasteiger partial charge in [0.25, 0.3) is 0 Å². The van der Waals surface area contributed by atoms with Crippen LogP contribution in [-0.4, -0.2) is 47.7 Å². The summed E-state index contributed by atoms with van der Waals surface area (Å²) in [5, 5.41) is 12.9. The molecule has 2 aliphatic rings. The Morgan fingerprint density at radius 1 is 1.12 bits per heavy atom. The molecule has 1 saturated carbocycles. The lowest BCUT2D eigenvalue weighted by molar-refractivity contribution is -0.124. The number of hydrogen-bond donors (Lipinski definition) is 2. The standard InChI is InChI=1S/C20H30N2O2/c23-18-13-17(14-18)19(12-16-8-4-3-5-9-16)21-20(24)15-22-10-6-1-2-7-11-22/h3-5,8-9,17-19,23H,1-2,6-7,10-15H2,(H,21,24)/t17?,18?,19-/m1/s1. The number of carbonyl (C=O) groups excluding carboxylic acids is 1. The SMILES string of the molecule is O=C(CN1CCCCCC1)N[C@H](Cc1ccccc1)C1CC(O)C1. The molecule has 132 valence electrons. The summed E-state index contributed by atoms with van der Waals surface area (Å²) in [6.45, 7) is 2.60. The van der Waals surface area contributed by atoms with E-state index in [0.717, 1.165) is 32.4 Å². The van der Waals surface area contributed by atoms with Crippen LogP contribution in [0.3, 0.4) is 0 Å². The molecule has 1 aromatic carbocycles. The summed E-state index contributed by atoms with van der Waals surface area (Å²) in [6, 6.07) is 10.5. The van der Waals surface area contributed by atoms with E-state index in [9.17, 15) is 9.90 Å². The third-order valence-electron chi connectivity index (χ3n) is 5.43. The molecular weight excluding hydrogens is 300 g/mol. The molecule has 0 radical (unpaired) electrons. The van der Waals surface area contributed by atoms with Crippen molar-refractivity contribution in [1.29, 1.82) is 0 Å². The summed E-state index contributed by atoms with van der Waals surface area (Å²) in [5.41, 5.74) is 1.25. The average Bonchev–Trinajstić information content (AvgIpc) is 2.81. The van der Waals surface area contributed by atoms with Gasteiger partial charge >= 0.3 is 0 Å². The second-order valence-corrected chi connectivity index (χ2v) is 7.44. The van der Waals surface area contributed by atoms with Gasteiger partial charge in [-0.15, -0.1) is 0 Å². The van der Waals surface area contributed by atoms with Crippen LogP contribution in [0, 0.1) is 5.92 Å². The van der Waals surface area contributed by atoms with Crippen LogP contribution in [0.5, 0.6) is 0 Å². The van der Waals surface area contributed by atoms with Gasteiger partial charge in [0.2, 0.25) is 5.91 Å². The van der Waals surface area contributed by atoms with Crippen molar-refractivity contribution in [2.75, 3.05) is 19.6 Å². The largest absolute Gasteiger partial charge is 0.393 e. The molecule has 0 unspecified atom stereocenters. The van der Waals surface area contributed by atoms with E-state index in [-0.39, 0.29) is 18.1 Å². The molecule has 1 aliphatic heterocycles. The number of amides is 1. The van der Waals surface area contributed by atoms with Crippen molar-refractivity contribution in [2.45, 2.75) is 57.1 Å². The van der Waals surface area contributed by atoms with E-state index in [1.54, 1.807) is 0 Å². The molecule has 1 atom stereocenters. The van der Waals surface area contributed by atoms with Gasteiger partial charge in [-0.1, -0.05) is 43.2 Å². The number of likely N-dealkylation sites (tertiary alicyclic amines) is 1. The average molecular weight is 330 g/mol. The topological polar surface area (TPSA) is 52.6 Å². The zero-order valence-corrected chi connectivity index (χ0v) is 14.5. The Morgan fingerprint density at radius 3 is 2.42 bits per heavy atom. The molecule has 4 nitrogen and oxygen atoms in total. The number of carbonyl (C=O) groups is 1. The summed E-state index contributed by atoms with van der Waals surface area (Å²) in [6.07, 6.45) is 7.26. The molecule has 1 aromatic rings. The molecule has 4 heteroatoms. The Bertz CT molecular complexity index is 506. The number of aliphatic hydroxyl groups excluding tert-OH is 1. The smallest absolute Gasteiger partial charge is 0.234 e. The number of nitrogens with one attached hydrogen (secondary N) is 1. The van der Waals surface area contributed by atoms with Gasteiger partial charge in [-0.05, 0) is 56.7 Å². The summed E-state index contributed by atoms with van der Waals surface area (Å²) in [5.74, 6) is 0.535. The van der Waals surface area contributed by atoms with Gasteiger partial charge in [-0.2, -0.15) is 0 Å². The minimum Gasteiger partial charge on any atom is -0.393 e. The maximum absolute atomic E-state index is 12.5. The van der Waals surface area contributed by atoms with Gasteiger partial charge in [-0.25, -0.2) is 0 Å². The van der Waals surface area contributed by atoms with E-state index >= 15 is 0 Å². The summed E-state index contributed by atoms with van der Waals surface area (Å²) in [7, 11) is 0. The molecule has 2 N–H and O–H groups in total. The van der Waals surface area contributed by atoms with Crippen LogP contribution in [0.2, 0.25) is 0 Å². The van der Waals surface area contributed by atoms with Crippen molar-refractivity contribution in [3.8, 4) is 0 Å². The quantitative estimate of drug-likeness (QED) is 0.842. The highest BCUT2D eigenvalue weighted by Crippen LogP contribution is 2.31. The first-order chi connectivity index (χ1) is 11.7. The van der Waals surface area contributed by atoms with Gasteiger partial charge in [-0.3, -0.25) is 9.69 Å². The number of benzene rings is 1. The zero-order chi connectivity index (χ0) is 16.8. The Balaban J connectivity index is 1.55. The number of aliphatic hydroxyl groups is 1. The lowest BCUT2D eigenvalue weighted by atomic mass is 9.75. The molecule has 1 amide bonds. The third kappa shape index (κ3) is 5.05. The lowest BCUT2D eigenvalue weighted by Gasteiger charge is -2.38. The zero-order valence-electron chi connectivity index (χ0n) is 14.5. The summed E-state index contributed by atoms with van der Waals surface area (Å²) >= 11 is 0. The fourth-order valence-electron chi connectivity index (χ4n) is 3.91. The molecule has 24 heavy (non-hydrogen) atoms. The predicted molar refractivity (Wildman–Crippen MR) is 95.7 cm³/mol. The van der Waals surface area contributed by atoms with Crippen molar-refractivity contribution < 1.29 is 9.90 Å². The predicted octanol–water partition coefficient (Wildman–Crippen LogP) is 2.36. The van der Waals surface area contributed by atoms with Crippen LogP contribution >= 0.6 is 0 Å². The molecule has 0 bridgehead atoms. The molecule has 1 heterocycles. The summed E-state index contributed by atoms with van der Waals surface area (Å²) < 4.78 is 0. The van der Waals surface area contributed by atoms with Crippen LogP contribution < -0.4 is 5.32 Å². The Morgan fingerprint density at radius 2 is 1.79 bits per heavy atom. The normalized spacial score (nSPS) is 26.2. The first-order valence-corrected chi connectivity index (χ1v) is 9.44. The number of hydrogen-bond acceptors (Lipinski definition) is 3. The second kappa shape index (κ2) is 8.63. The van der Waals surface area contributed by atoms with Gasteiger partial charge in [0.05, 0.1) is 12.6 Å². The van der Waals surface area contributed by atoms with Gasteiger partial charge in [0.1, 0.15) is 0 Å². The van der Waals surface area contributed by atoms with E-state index in [4.69, 9.17) is 0 Å². The highest BCUT2D eigenvalue weighted by atomic mass is 16.3.